The summed E-state index contributed by atoms with van der Waals surface area (Å²) in [6.45, 7) is 2.18. The van der Waals surface area contributed by atoms with Crippen molar-refractivity contribution in [3.8, 4) is 5.75 Å². The number of fused-ring (bicyclic) bond motifs is 1. The van der Waals surface area contributed by atoms with E-state index in [0.717, 1.165) is 22.6 Å². The zero-order valence-electron chi connectivity index (χ0n) is 18.8. The van der Waals surface area contributed by atoms with E-state index in [1.807, 2.05) is 54.7 Å². The molecule has 0 saturated carbocycles. The minimum atomic E-state index is -0.402. The molecule has 1 aliphatic rings. The Morgan fingerprint density at radius 1 is 1.06 bits per heavy atom. The van der Waals surface area contributed by atoms with Gasteiger partial charge in [-0.2, -0.15) is 0 Å². The molecular weight excluding hydrogens is 410 g/mol. The minimum absolute atomic E-state index is 0.0251. The van der Waals surface area contributed by atoms with Crippen LogP contribution in [0.5, 0.6) is 5.75 Å². The first-order valence-electron chi connectivity index (χ1n) is 11.2. The van der Waals surface area contributed by atoms with Crippen molar-refractivity contribution in [2.75, 3.05) is 12.4 Å². The maximum atomic E-state index is 13.5. The number of amides is 1. The Balaban J connectivity index is 1.36. The lowest BCUT2D eigenvalue weighted by Crippen LogP contribution is -2.38. The van der Waals surface area contributed by atoms with Crippen molar-refractivity contribution in [1.82, 2.24) is 9.97 Å². The van der Waals surface area contributed by atoms with E-state index < -0.39 is 5.41 Å². The Bertz CT molecular complexity index is 1260. The normalized spacial score (nSPS) is 19.2. The molecular formula is C28H27N3O2. The molecule has 1 heterocycles. The second-order valence-electron chi connectivity index (χ2n) is 8.74. The number of anilines is 1. The van der Waals surface area contributed by atoms with Crippen LogP contribution < -0.4 is 10.1 Å². The first-order valence-corrected chi connectivity index (χ1v) is 11.2. The van der Waals surface area contributed by atoms with E-state index in [1.54, 1.807) is 7.11 Å². The average Bonchev–Trinajstić information content (AvgIpc) is 3.42. The highest BCUT2D eigenvalue weighted by molar-refractivity contribution is 5.93. The third-order valence-corrected chi connectivity index (χ3v) is 6.80. The highest BCUT2D eigenvalue weighted by Crippen LogP contribution is 2.48. The van der Waals surface area contributed by atoms with Crippen LogP contribution in [0, 0.1) is 5.92 Å². The monoisotopic (exact) mass is 437 g/mol. The van der Waals surface area contributed by atoms with Crippen molar-refractivity contribution < 1.29 is 9.53 Å². The lowest BCUT2D eigenvalue weighted by atomic mass is 9.71. The molecule has 5 rings (SSSR count). The fourth-order valence-electron chi connectivity index (χ4n) is 4.98. The van der Waals surface area contributed by atoms with Crippen molar-refractivity contribution in [1.29, 1.82) is 0 Å². The molecule has 1 aliphatic carbocycles. The number of methoxy groups -OCH3 is 1. The first kappa shape index (κ1) is 21.0. The SMILES string of the molecule is COc1ccc(Cc2c[nH]c(NC(=O)[C@@H]3Cc4ccccc4[C@]3(C)c3ccccc3)n2)cc1. The third kappa shape index (κ3) is 3.91. The number of benzene rings is 3. The number of hydrogen-bond acceptors (Lipinski definition) is 3. The van der Waals surface area contributed by atoms with E-state index in [2.05, 4.69) is 52.5 Å². The van der Waals surface area contributed by atoms with Gasteiger partial charge in [-0.25, -0.2) is 4.98 Å². The molecule has 4 aromatic rings. The number of aromatic nitrogens is 2. The number of imidazole rings is 1. The van der Waals surface area contributed by atoms with Crippen LogP contribution in [0.2, 0.25) is 0 Å². The predicted octanol–water partition coefficient (Wildman–Crippen LogP) is 5.13. The summed E-state index contributed by atoms with van der Waals surface area (Å²) in [4.78, 5) is 21.3. The molecule has 5 nitrogen and oxygen atoms in total. The molecule has 2 atom stereocenters. The fourth-order valence-corrected chi connectivity index (χ4v) is 4.98. The van der Waals surface area contributed by atoms with Crippen LogP contribution in [0.25, 0.3) is 0 Å². The third-order valence-electron chi connectivity index (χ3n) is 6.80. The van der Waals surface area contributed by atoms with Gasteiger partial charge in [0.05, 0.1) is 18.7 Å². The lowest BCUT2D eigenvalue weighted by Gasteiger charge is -2.32. The van der Waals surface area contributed by atoms with Gasteiger partial charge in [-0.15, -0.1) is 0 Å². The highest BCUT2D eigenvalue weighted by atomic mass is 16.5. The molecule has 33 heavy (non-hydrogen) atoms. The quantitative estimate of drug-likeness (QED) is 0.440. The lowest BCUT2D eigenvalue weighted by molar-refractivity contribution is -0.121. The minimum Gasteiger partial charge on any atom is -0.497 e. The Morgan fingerprint density at radius 2 is 1.79 bits per heavy atom. The van der Waals surface area contributed by atoms with Crippen molar-refractivity contribution in [2.45, 2.75) is 25.2 Å². The number of rotatable bonds is 6. The molecule has 0 aliphatic heterocycles. The maximum absolute atomic E-state index is 13.5. The summed E-state index contributed by atoms with van der Waals surface area (Å²) in [6, 6.07) is 26.6. The topological polar surface area (TPSA) is 67.0 Å². The van der Waals surface area contributed by atoms with Crippen LogP contribution in [-0.4, -0.2) is 23.0 Å². The number of H-pyrrole nitrogens is 1. The molecule has 2 N–H and O–H groups in total. The van der Waals surface area contributed by atoms with Gasteiger partial charge in [-0.05, 0) is 40.8 Å². The summed E-state index contributed by atoms with van der Waals surface area (Å²) in [7, 11) is 1.66. The fraction of sp³-hybridized carbons (Fsp3) is 0.214. The number of aromatic amines is 1. The summed E-state index contributed by atoms with van der Waals surface area (Å²) in [6.07, 6.45) is 3.22. The van der Waals surface area contributed by atoms with Crippen molar-refractivity contribution in [3.63, 3.8) is 0 Å². The van der Waals surface area contributed by atoms with Gasteiger partial charge < -0.3 is 9.72 Å². The molecule has 3 aromatic carbocycles. The summed E-state index contributed by atoms with van der Waals surface area (Å²) >= 11 is 0. The van der Waals surface area contributed by atoms with Gasteiger partial charge in [0.1, 0.15) is 5.75 Å². The van der Waals surface area contributed by atoms with E-state index in [1.165, 1.54) is 11.1 Å². The Hall–Kier alpha value is -3.86. The van der Waals surface area contributed by atoms with Crippen LogP contribution >= 0.6 is 0 Å². The van der Waals surface area contributed by atoms with Gasteiger partial charge in [-0.3, -0.25) is 10.1 Å². The van der Waals surface area contributed by atoms with Crippen molar-refractivity contribution in [2.24, 2.45) is 5.92 Å². The van der Waals surface area contributed by atoms with Crippen molar-refractivity contribution >= 4 is 11.9 Å². The second-order valence-corrected chi connectivity index (χ2v) is 8.74. The molecule has 0 unspecified atom stereocenters. The summed E-state index contributed by atoms with van der Waals surface area (Å²) < 4.78 is 5.22. The molecule has 1 aromatic heterocycles. The molecule has 0 saturated heterocycles. The number of carbonyl (C=O) groups excluding carboxylic acids is 1. The Labute approximate surface area is 193 Å². The van der Waals surface area contributed by atoms with Gasteiger partial charge in [0.15, 0.2) is 0 Å². The summed E-state index contributed by atoms with van der Waals surface area (Å²) in [5.74, 6) is 1.05. The number of carbonyl (C=O) groups is 1. The number of nitrogens with one attached hydrogen (secondary N) is 2. The first-order chi connectivity index (χ1) is 16.1. The molecule has 0 spiro atoms. The van der Waals surface area contributed by atoms with E-state index in [9.17, 15) is 4.79 Å². The molecule has 5 heteroatoms. The van der Waals surface area contributed by atoms with Gasteiger partial charge in [0.25, 0.3) is 0 Å². The van der Waals surface area contributed by atoms with Crippen LogP contribution in [-0.2, 0) is 23.1 Å². The number of hydrogen-bond donors (Lipinski definition) is 2. The van der Waals surface area contributed by atoms with Crippen LogP contribution in [0.3, 0.4) is 0 Å². The predicted molar refractivity (Wildman–Crippen MR) is 130 cm³/mol. The van der Waals surface area contributed by atoms with Crippen LogP contribution in [0.1, 0.15) is 34.9 Å². The molecule has 1 amide bonds. The smallest absolute Gasteiger partial charge is 0.231 e. The number of nitrogens with zero attached hydrogens (tertiary/aromatic N) is 1. The van der Waals surface area contributed by atoms with Gasteiger partial charge in [0.2, 0.25) is 11.9 Å². The zero-order chi connectivity index (χ0) is 22.8. The largest absolute Gasteiger partial charge is 0.497 e. The van der Waals surface area contributed by atoms with Gasteiger partial charge >= 0.3 is 0 Å². The standard InChI is InChI=1S/C28H27N3O2/c1-28(21-9-4-3-5-10-21)24-11-7-6-8-20(24)17-25(28)26(32)31-27-29-18-22(30-27)16-19-12-14-23(33-2)15-13-19/h3-15,18,25H,16-17H2,1-2H3,(H2,29,30,31,32)/t25-,28-/m0/s1. The second kappa shape index (κ2) is 8.58. The zero-order valence-corrected chi connectivity index (χ0v) is 18.8. The average molecular weight is 438 g/mol. The van der Waals surface area contributed by atoms with E-state index in [-0.39, 0.29) is 11.8 Å². The summed E-state index contributed by atoms with van der Waals surface area (Å²) in [5.41, 5.74) is 5.19. The highest BCUT2D eigenvalue weighted by Gasteiger charge is 2.47. The van der Waals surface area contributed by atoms with Gasteiger partial charge in [0, 0.05) is 18.0 Å². The van der Waals surface area contributed by atoms with E-state index in [4.69, 9.17) is 4.74 Å². The van der Waals surface area contributed by atoms with Crippen LogP contribution in [0.15, 0.2) is 85.1 Å². The van der Waals surface area contributed by atoms with Crippen LogP contribution in [0.4, 0.5) is 5.95 Å². The molecule has 166 valence electrons. The Morgan fingerprint density at radius 3 is 2.55 bits per heavy atom. The Kier molecular flexibility index (Phi) is 5.47. The molecule has 0 radical (unpaired) electrons. The van der Waals surface area contributed by atoms with E-state index >= 15 is 0 Å². The summed E-state index contributed by atoms with van der Waals surface area (Å²) in [5, 5.41) is 3.04. The molecule has 0 bridgehead atoms. The maximum Gasteiger partial charge on any atom is 0.231 e. The van der Waals surface area contributed by atoms with Crippen molar-refractivity contribution in [3.05, 3.63) is 113 Å². The van der Waals surface area contributed by atoms with Gasteiger partial charge in [-0.1, -0.05) is 73.7 Å². The van der Waals surface area contributed by atoms with E-state index in [0.29, 0.717) is 18.8 Å². The number of ether oxygens (including phenoxy) is 1. The molecule has 0 fully saturated rings.